The highest BCUT2D eigenvalue weighted by Crippen LogP contribution is 2.16. The predicted molar refractivity (Wildman–Crippen MR) is 67.6 cm³/mol. The zero-order valence-corrected chi connectivity index (χ0v) is 10.3. The lowest BCUT2D eigenvalue weighted by molar-refractivity contribution is -0.138. The SMILES string of the molecule is C=C(CC)C(=O)OCCSc1ccccc1. The van der Waals surface area contributed by atoms with E-state index in [1.54, 1.807) is 11.8 Å². The molecule has 0 saturated carbocycles. The summed E-state index contributed by atoms with van der Waals surface area (Å²) in [4.78, 5) is 12.4. The van der Waals surface area contributed by atoms with Crippen LogP contribution in [0.5, 0.6) is 0 Å². The lowest BCUT2D eigenvalue weighted by atomic mass is 10.2. The first kappa shape index (κ1) is 12.8. The minimum absolute atomic E-state index is 0.281. The molecule has 0 aliphatic carbocycles. The van der Waals surface area contributed by atoms with Crippen molar-refractivity contribution >= 4 is 17.7 Å². The second-order valence-corrected chi connectivity index (χ2v) is 4.42. The molecule has 0 radical (unpaired) electrons. The Bertz CT molecular complexity index is 346. The first-order valence-electron chi connectivity index (χ1n) is 5.26. The molecule has 0 amide bonds. The monoisotopic (exact) mass is 236 g/mol. The van der Waals surface area contributed by atoms with Crippen molar-refractivity contribution in [3.8, 4) is 0 Å². The molecule has 0 heterocycles. The summed E-state index contributed by atoms with van der Waals surface area (Å²) in [7, 11) is 0. The molecule has 0 aliphatic heterocycles. The molecule has 0 aromatic heterocycles. The van der Waals surface area contributed by atoms with Crippen LogP contribution in [0.1, 0.15) is 13.3 Å². The average molecular weight is 236 g/mol. The molecule has 86 valence electrons. The molecule has 0 unspecified atom stereocenters. The maximum atomic E-state index is 11.3. The van der Waals surface area contributed by atoms with Crippen molar-refractivity contribution < 1.29 is 9.53 Å². The number of hydrogen-bond acceptors (Lipinski definition) is 3. The van der Waals surface area contributed by atoms with Gasteiger partial charge in [0.2, 0.25) is 0 Å². The van der Waals surface area contributed by atoms with Crippen molar-refractivity contribution in [2.24, 2.45) is 0 Å². The van der Waals surface area contributed by atoms with E-state index in [1.165, 1.54) is 4.90 Å². The Morgan fingerprint density at radius 2 is 2.06 bits per heavy atom. The van der Waals surface area contributed by atoms with Gasteiger partial charge in [-0.05, 0) is 18.6 Å². The van der Waals surface area contributed by atoms with Gasteiger partial charge in [-0.2, -0.15) is 0 Å². The van der Waals surface area contributed by atoms with E-state index in [4.69, 9.17) is 4.74 Å². The lowest BCUT2D eigenvalue weighted by Crippen LogP contribution is -2.08. The van der Waals surface area contributed by atoms with Gasteiger partial charge in [0.15, 0.2) is 0 Å². The molecular formula is C13H16O2S. The average Bonchev–Trinajstić information content (AvgIpc) is 2.34. The Balaban J connectivity index is 2.17. The Labute approximate surface area is 101 Å². The predicted octanol–water partition coefficient (Wildman–Crippen LogP) is 3.29. The van der Waals surface area contributed by atoms with Crippen LogP contribution < -0.4 is 0 Å². The maximum Gasteiger partial charge on any atom is 0.333 e. The van der Waals surface area contributed by atoms with Crippen molar-refractivity contribution in [1.29, 1.82) is 0 Å². The maximum absolute atomic E-state index is 11.3. The van der Waals surface area contributed by atoms with E-state index in [-0.39, 0.29) is 5.97 Å². The number of esters is 1. The van der Waals surface area contributed by atoms with E-state index in [0.29, 0.717) is 18.6 Å². The highest BCUT2D eigenvalue weighted by Gasteiger charge is 2.05. The highest BCUT2D eigenvalue weighted by atomic mass is 32.2. The lowest BCUT2D eigenvalue weighted by Gasteiger charge is -2.05. The van der Waals surface area contributed by atoms with Gasteiger partial charge in [-0.1, -0.05) is 31.7 Å². The van der Waals surface area contributed by atoms with Gasteiger partial charge in [-0.3, -0.25) is 0 Å². The minimum Gasteiger partial charge on any atom is -0.461 e. The number of ether oxygens (including phenoxy) is 1. The Morgan fingerprint density at radius 3 is 2.69 bits per heavy atom. The molecule has 1 aromatic rings. The quantitative estimate of drug-likeness (QED) is 0.328. The number of hydrogen-bond donors (Lipinski definition) is 0. The van der Waals surface area contributed by atoms with Crippen LogP contribution in [-0.2, 0) is 9.53 Å². The van der Waals surface area contributed by atoms with Gasteiger partial charge in [0.05, 0.1) is 0 Å². The molecule has 0 bridgehead atoms. The molecule has 0 fully saturated rings. The smallest absolute Gasteiger partial charge is 0.333 e. The molecule has 1 rings (SSSR count). The number of carbonyl (C=O) groups excluding carboxylic acids is 1. The Kier molecular flexibility index (Phi) is 5.72. The van der Waals surface area contributed by atoms with Crippen molar-refractivity contribution in [3.63, 3.8) is 0 Å². The molecule has 0 saturated heterocycles. The molecule has 16 heavy (non-hydrogen) atoms. The van der Waals surface area contributed by atoms with Crippen molar-refractivity contribution in [2.75, 3.05) is 12.4 Å². The summed E-state index contributed by atoms with van der Waals surface area (Å²) in [5.41, 5.74) is 0.532. The second-order valence-electron chi connectivity index (χ2n) is 3.25. The third kappa shape index (κ3) is 4.53. The summed E-state index contributed by atoms with van der Waals surface area (Å²) in [6.45, 7) is 5.95. The van der Waals surface area contributed by atoms with Crippen molar-refractivity contribution in [1.82, 2.24) is 0 Å². The van der Waals surface area contributed by atoms with Gasteiger partial charge in [-0.15, -0.1) is 11.8 Å². The van der Waals surface area contributed by atoms with Crippen LogP contribution >= 0.6 is 11.8 Å². The first-order valence-corrected chi connectivity index (χ1v) is 6.25. The summed E-state index contributed by atoms with van der Waals surface area (Å²) < 4.78 is 5.06. The van der Waals surface area contributed by atoms with Gasteiger partial charge >= 0.3 is 5.97 Å². The molecule has 0 atom stereocenters. The number of thioether (sulfide) groups is 1. The fraction of sp³-hybridized carbons (Fsp3) is 0.308. The largest absolute Gasteiger partial charge is 0.461 e. The topological polar surface area (TPSA) is 26.3 Å². The number of rotatable bonds is 6. The first-order chi connectivity index (χ1) is 7.74. The van der Waals surface area contributed by atoms with E-state index in [9.17, 15) is 4.79 Å². The van der Waals surface area contributed by atoms with Gasteiger partial charge in [0, 0.05) is 16.2 Å². The highest BCUT2D eigenvalue weighted by molar-refractivity contribution is 7.99. The molecule has 1 aromatic carbocycles. The molecule has 0 aliphatic rings. The summed E-state index contributed by atoms with van der Waals surface area (Å²) in [5, 5.41) is 0. The molecule has 3 heteroatoms. The third-order valence-corrected chi connectivity index (χ3v) is 3.02. The fourth-order valence-corrected chi connectivity index (χ4v) is 1.81. The van der Waals surface area contributed by atoms with Crippen LogP contribution in [0.15, 0.2) is 47.4 Å². The van der Waals surface area contributed by atoms with Gasteiger partial charge in [0.25, 0.3) is 0 Å². The van der Waals surface area contributed by atoms with Crippen molar-refractivity contribution in [3.05, 3.63) is 42.5 Å². The van der Waals surface area contributed by atoms with Crippen molar-refractivity contribution in [2.45, 2.75) is 18.2 Å². The van der Waals surface area contributed by atoms with Gasteiger partial charge in [0.1, 0.15) is 6.61 Å². The van der Waals surface area contributed by atoms with E-state index < -0.39 is 0 Å². The summed E-state index contributed by atoms with van der Waals surface area (Å²) in [6.07, 6.45) is 0.644. The van der Waals surface area contributed by atoms with Crippen LogP contribution in [0.25, 0.3) is 0 Å². The number of carbonyl (C=O) groups is 1. The van der Waals surface area contributed by atoms with E-state index in [0.717, 1.165) is 5.75 Å². The summed E-state index contributed by atoms with van der Waals surface area (Å²) in [5.74, 6) is 0.489. The zero-order chi connectivity index (χ0) is 11.8. The summed E-state index contributed by atoms with van der Waals surface area (Å²) >= 11 is 1.67. The van der Waals surface area contributed by atoms with E-state index in [2.05, 4.69) is 6.58 Å². The Morgan fingerprint density at radius 1 is 1.38 bits per heavy atom. The van der Waals surface area contributed by atoms with Crippen LogP contribution in [0.4, 0.5) is 0 Å². The standard InChI is InChI=1S/C13H16O2S/c1-3-11(2)13(14)15-9-10-16-12-7-5-4-6-8-12/h4-8H,2-3,9-10H2,1H3. The molecule has 0 spiro atoms. The van der Waals surface area contributed by atoms with E-state index in [1.807, 2.05) is 37.3 Å². The van der Waals surface area contributed by atoms with Gasteiger partial charge in [-0.25, -0.2) is 4.79 Å². The molecule has 0 N–H and O–H groups in total. The van der Waals surface area contributed by atoms with Crippen LogP contribution in [0.3, 0.4) is 0 Å². The molecule has 2 nitrogen and oxygen atoms in total. The van der Waals surface area contributed by atoms with Gasteiger partial charge < -0.3 is 4.74 Å². The fourth-order valence-electron chi connectivity index (χ4n) is 1.06. The zero-order valence-electron chi connectivity index (χ0n) is 9.44. The summed E-state index contributed by atoms with van der Waals surface area (Å²) in [6, 6.07) is 10.0. The number of benzene rings is 1. The second kappa shape index (κ2) is 7.12. The normalized spacial score (nSPS) is 9.81. The van der Waals surface area contributed by atoms with Crippen LogP contribution in [-0.4, -0.2) is 18.3 Å². The Hall–Kier alpha value is -1.22. The van der Waals surface area contributed by atoms with Crippen LogP contribution in [0.2, 0.25) is 0 Å². The van der Waals surface area contributed by atoms with Crippen LogP contribution in [0, 0.1) is 0 Å². The minimum atomic E-state index is -0.281. The third-order valence-electron chi connectivity index (χ3n) is 2.04. The molecular weight excluding hydrogens is 220 g/mol. The van der Waals surface area contributed by atoms with E-state index >= 15 is 0 Å².